The van der Waals surface area contributed by atoms with Crippen LogP contribution in [0.25, 0.3) is 16.9 Å². The van der Waals surface area contributed by atoms with Crippen molar-refractivity contribution in [1.29, 1.82) is 0 Å². The predicted octanol–water partition coefficient (Wildman–Crippen LogP) is 2.59. The minimum Gasteiger partial charge on any atom is -0.387 e. The van der Waals surface area contributed by atoms with Crippen LogP contribution >= 0.6 is 0 Å². The molecule has 0 aromatic carbocycles. The lowest BCUT2D eigenvalue weighted by molar-refractivity contribution is -0.00177. The first-order valence-electron chi connectivity index (χ1n) is 9.48. The molecule has 0 unspecified atom stereocenters. The Balaban J connectivity index is 2.00. The number of nitrogens with one attached hydrogen (secondary N) is 2. The zero-order valence-electron chi connectivity index (χ0n) is 17.1. The Bertz CT molecular complexity index is 1060. The van der Waals surface area contributed by atoms with Gasteiger partial charge in [0.1, 0.15) is 17.6 Å². The van der Waals surface area contributed by atoms with Gasteiger partial charge >= 0.3 is 0 Å². The van der Waals surface area contributed by atoms with Gasteiger partial charge in [0.15, 0.2) is 5.65 Å². The van der Waals surface area contributed by atoms with Crippen molar-refractivity contribution < 1.29 is 18.7 Å². The van der Waals surface area contributed by atoms with Crippen molar-refractivity contribution in [3.05, 3.63) is 42.1 Å². The highest BCUT2D eigenvalue weighted by Crippen LogP contribution is 2.25. The van der Waals surface area contributed by atoms with Crippen LogP contribution in [-0.2, 0) is 0 Å². The number of nitrogens with zero attached hydrogens (tertiary/aromatic N) is 4. The third kappa shape index (κ3) is 4.54. The highest BCUT2D eigenvalue weighted by molar-refractivity contribution is 5.99. The molecule has 3 aromatic rings. The second-order valence-electron chi connectivity index (χ2n) is 7.79. The molecule has 1 amide bonds. The van der Waals surface area contributed by atoms with Crippen LogP contribution < -0.4 is 10.6 Å². The van der Waals surface area contributed by atoms with E-state index in [9.17, 15) is 18.7 Å². The van der Waals surface area contributed by atoms with E-state index in [1.165, 1.54) is 30.8 Å². The van der Waals surface area contributed by atoms with Crippen molar-refractivity contribution in [2.45, 2.75) is 45.5 Å². The number of fused-ring (bicyclic) bond motifs is 1. The van der Waals surface area contributed by atoms with Gasteiger partial charge in [-0.05, 0) is 39.8 Å². The molecule has 0 aliphatic carbocycles. The molecule has 3 N–H and O–H groups in total. The van der Waals surface area contributed by atoms with E-state index < -0.39 is 23.6 Å². The molecular formula is C20H24F2N6O2. The summed E-state index contributed by atoms with van der Waals surface area (Å²) in [7, 11) is 0. The minimum atomic E-state index is -1.65. The zero-order valence-corrected chi connectivity index (χ0v) is 17.1. The highest BCUT2D eigenvalue weighted by Gasteiger charge is 2.27. The van der Waals surface area contributed by atoms with Gasteiger partial charge in [-0.2, -0.15) is 14.0 Å². The van der Waals surface area contributed by atoms with Gasteiger partial charge < -0.3 is 15.7 Å². The number of halogens is 2. The highest BCUT2D eigenvalue weighted by atomic mass is 19.1. The summed E-state index contributed by atoms with van der Waals surface area (Å²) in [5, 5.41) is 19.7. The Hall–Kier alpha value is -3.14. The number of carbonyl (C=O) groups excluding carboxylic acids is 1. The molecule has 0 bridgehead atoms. The van der Waals surface area contributed by atoms with Crippen LogP contribution in [0, 0.1) is 5.95 Å². The van der Waals surface area contributed by atoms with Crippen LogP contribution in [0.3, 0.4) is 0 Å². The Morgan fingerprint density at radius 2 is 2.07 bits per heavy atom. The number of aliphatic hydroxyl groups is 1. The fourth-order valence-corrected chi connectivity index (χ4v) is 2.75. The molecule has 0 fully saturated rings. The number of amides is 1. The lowest BCUT2D eigenvalue weighted by atomic mass is 10.0. The van der Waals surface area contributed by atoms with Crippen LogP contribution in [0.2, 0.25) is 0 Å². The summed E-state index contributed by atoms with van der Waals surface area (Å²) in [6.45, 7) is 6.04. The second-order valence-corrected chi connectivity index (χ2v) is 7.79. The summed E-state index contributed by atoms with van der Waals surface area (Å²) in [6.07, 6.45) is 1.04. The van der Waals surface area contributed by atoms with Crippen molar-refractivity contribution >= 4 is 17.4 Å². The van der Waals surface area contributed by atoms with E-state index in [1.54, 1.807) is 18.2 Å². The van der Waals surface area contributed by atoms with Gasteiger partial charge in [-0.15, -0.1) is 0 Å². The number of pyridine rings is 1. The number of anilines is 1. The van der Waals surface area contributed by atoms with Crippen molar-refractivity contribution in [2.75, 3.05) is 11.9 Å². The van der Waals surface area contributed by atoms with Gasteiger partial charge in [-0.3, -0.25) is 4.79 Å². The third-order valence-corrected chi connectivity index (χ3v) is 4.40. The summed E-state index contributed by atoms with van der Waals surface area (Å²) in [5.74, 6) is -0.913. The fraction of sp³-hybridized carbons (Fsp3) is 0.400. The first-order chi connectivity index (χ1) is 14.1. The Labute approximate surface area is 172 Å². The monoisotopic (exact) mass is 418 g/mol. The summed E-state index contributed by atoms with van der Waals surface area (Å²) in [6, 6.07) is 4.66. The topological polar surface area (TPSA) is 104 Å². The van der Waals surface area contributed by atoms with E-state index in [0.717, 1.165) is 0 Å². The molecule has 8 nitrogen and oxygen atoms in total. The largest absolute Gasteiger partial charge is 0.387 e. The van der Waals surface area contributed by atoms with Crippen molar-refractivity contribution in [1.82, 2.24) is 24.9 Å². The average Bonchev–Trinajstić information content (AvgIpc) is 3.09. The van der Waals surface area contributed by atoms with Crippen molar-refractivity contribution in [2.24, 2.45) is 0 Å². The van der Waals surface area contributed by atoms with Crippen LogP contribution in [-0.4, -0.2) is 55.0 Å². The van der Waals surface area contributed by atoms with E-state index in [2.05, 4.69) is 25.7 Å². The number of alkyl halides is 1. The molecule has 0 aliphatic rings. The molecule has 3 rings (SSSR count). The molecular weight excluding hydrogens is 394 g/mol. The lowest BCUT2D eigenvalue weighted by Crippen LogP contribution is -2.42. The Morgan fingerprint density at radius 3 is 2.70 bits per heavy atom. The van der Waals surface area contributed by atoms with E-state index in [0.29, 0.717) is 17.2 Å². The van der Waals surface area contributed by atoms with E-state index in [1.807, 2.05) is 13.8 Å². The van der Waals surface area contributed by atoms with Crippen molar-refractivity contribution in [3.63, 3.8) is 0 Å². The smallest absolute Gasteiger partial charge is 0.256 e. The molecule has 0 saturated carbocycles. The van der Waals surface area contributed by atoms with Crippen LogP contribution in [0.15, 0.2) is 30.6 Å². The van der Waals surface area contributed by atoms with Gasteiger partial charge in [0, 0.05) is 24.5 Å². The van der Waals surface area contributed by atoms with Crippen LogP contribution in [0.4, 0.5) is 14.6 Å². The van der Waals surface area contributed by atoms with Crippen molar-refractivity contribution in [3.8, 4) is 11.3 Å². The maximum atomic E-state index is 14.1. The summed E-state index contributed by atoms with van der Waals surface area (Å²) in [4.78, 5) is 20.6. The standard InChI is InChI=1S/C20H24F2N6O2/c1-11(2)26-18-13(19(29)25-10-15(21)20(3,4)30)9-24-16-8-14(27-28(16)18)12-6-5-7-23-17(12)22/h5-9,11,15,26,30H,10H2,1-4H3,(H,25,29)/t15-/m1/s1. The number of rotatable bonds is 7. The third-order valence-electron chi connectivity index (χ3n) is 4.40. The number of hydrogen-bond acceptors (Lipinski definition) is 6. The molecule has 1 atom stereocenters. The molecule has 10 heteroatoms. The van der Waals surface area contributed by atoms with Gasteiger partial charge in [0.05, 0.1) is 23.4 Å². The average molecular weight is 418 g/mol. The van der Waals surface area contributed by atoms with Crippen LogP contribution in [0.5, 0.6) is 0 Å². The molecule has 0 spiro atoms. The number of carbonyl (C=O) groups is 1. The van der Waals surface area contributed by atoms with E-state index >= 15 is 0 Å². The van der Waals surface area contributed by atoms with E-state index in [-0.39, 0.29) is 23.7 Å². The van der Waals surface area contributed by atoms with Gasteiger partial charge in [0.2, 0.25) is 5.95 Å². The first-order valence-corrected chi connectivity index (χ1v) is 9.48. The summed E-state index contributed by atoms with van der Waals surface area (Å²) >= 11 is 0. The normalized spacial score (nSPS) is 12.9. The second kappa shape index (κ2) is 8.31. The molecule has 0 radical (unpaired) electrons. The predicted molar refractivity (Wildman–Crippen MR) is 108 cm³/mol. The summed E-state index contributed by atoms with van der Waals surface area (Å²) < 4.78 is 29.5. The minimum absolute atomic E-state index is 0.0600. The molecule has 30 heavy (non-hydrogen) atoms. The molecule has 3 aromatic heterocycles. The van der Waals surface area contributed by atoms with E-state index in [4.69, 9.17) is 0 Å². The lowest BCUT2D eigenvalue weighted by Gasteiger charge is -2.22. The Morgan fingerprint density at radius 1 is 1.33 bits per heavy atom. The maximum absolute atomic E-state index is 14.1. The fourth-order valence-electron chi connectivity index (χ4n) is 2.75. The molecule has 0 aliphatic heterocycles. The molecule has 160 valence electrons. The van der Waals surface area contributed by atoms with Gasteiger partial charge in [-0.1, -0.05) is 0 Å². The molecule has 0 saturated heterocycles. The zero-order chi connectivity index (χ0) is 22.1. The maximum Gasteiger partial charge on any atom is 0.256 e. The summed E-state index contributed by atoms with van der Waals surface area (Å²) in [5.41, 5.74) is -0.536. The molecule has 3 heterocycles. The number of hydrogen-bond donors (Lipinski definition) is 3. The Kier molecular flexibility index (Phi) is 5.97. The van der Waals surface area contributed by atoms with Gasteiger partial charge in [0.25, 0.3) is 5.91 Å². The van der Waals surface area contributed by atoms with Crippen LogP contribution in [0.1, 0.15) is 38.1 Å². The van der Waals surface area contributed by atoms with Gasteiger partial charge in [-0.25, -0.2) is 14.4 Å². The first kappa shape index (κ1) is 21.6. The number of aromatic nitrogens is 4. The SMILES string of the molecule is CC(C)Nc1c(C(=O)NC[C@@H](F)C(C)(C)O)cnc2cc(-c3cccnc3F)nn12. The quantitative estimate of drug-likeness (QED) is 0.510.